The summed E-state index contributed by atoms with van der Waals surface area (Å²) in [7, 11) is 0. The van der Waals surface area contributed by atoms with Crippen LogP contribution in [-0.2, 0) is 17.8 Å². The number of nitrogens with zero attached hydrogens (tertiary/aromatic N) is 1. The van der Waals surface area contributed by atoms with Crippen molar-refractivity contribution in [1.29, 1.82) is 0 Å². The smallest absolute Gasteiger partial charge is 0.237 e. The van der Waals surface area contributed by atoms with Crippen LogP contribution in [0, 0.1) is 0 Å². The molecule has 2 rings (SSSR count). The molecule has 1 aromatic rings. The standard InChI is InChI=1S/C15H25N3OS/c1-3-6-14-17-13(10-20-14)9-16-11(2)15(19)18-12-7-4-5-8-12/h10-12,16H,3-9H2,1-2H3,(H,18,19)/t11-/m1/s1. The van der Waals surface area contributed by atoms with Gasteiger partial charge in [-0.05, 0) is 32.6 Å². The maximum atomic E-state index is 12.0. The molecular formula is C15H25N3OS. The molecule has 0 radical (unpaired) electrons. The van der Waals surface area contributed by atoms with E-state index >= 15 is 0 Å². The summed E-state index contributed by atoms with van der Waals surface area (Å²) in [6.07, 6.45) is 6.91. The molecule has 1 saturated carbocycles. The van der Waals surface area contributed by atoms with E-state index in [1.807, 2.05) is 6.92 Å². The second-order valence-corrected chi connectivity index (χ2v) is 6.52. The fraction of sp³-hybridized carbons (Fsp3) is 0.733. The molecule has 4 nitrogen and oxygen atoms in total. The summed E-state index contributed by atoms with van der Waals surface area (Å²) in [5, 5.41) is 9.65. The summed E-state index contributed by atoms with van der Waals surface area (Å²) in [4.78, 5) is 16.6. The van der Waals surface area contributed by atoms with Crippen LogP contribution in [0.3, 0.4) is 0 Å². The van der Waals surface area contributed by atoms with Crippen LogP contribution in [0.25, 0.3) is 0 Å². The van der Waals surface area contributed by atoms with E-state index in [1.165, 1.54) is 17.8 Å². The van der Waals surface area contributed by atoms with Crippen molar-refractivity contribution in [3.8, 4) is 0 Å². The molecule has 0 unspecified atom stereocenters. The van der Waals surface area contributed by atoms with E-state index in [4.69, 9.17) is 0 Å². The van der Waals surface area contributed by atoms with Crippen LogP contribution in [0.4, 0.5) is 0 Å². The maximum Gasteiger partial charge on any atom is 0.237 e. The maximum absolute atomic E-state index is 12.0. The summed E-state index contributed by atoms with van der Waals surface area (Å²) in [5.74, 6) is 0.112. The SMILES string of the molecule is CCCc1nc(CN[C@H](C)C(=O)NC2CCCC2)cs1. The average Bonchev–Trinajstić information content (AvgIpc) is 3.08. The molecule has 0 aliphatic heterocycles. The number of hydrogen-bond donors (Lipinski definition) is 2. The predicted molar refractivity (Wildman–Crippen MR) is 82.8 cm³/mol. The topological polar surface area (TPSA) is 54.0 Å². The fourth-order valence-electron chi connectivity index (χ4n) is 2.51. The van der Waals surface area contributed by atoms with Gasteiger partial charge in [-0.1, -0.05) is 19.8 Å². The summed E-state index contributed by atoms with van der Waals surface area (Å²) < 4.78 is 0. The van der Waals surface area contributed by atoms with Crippen LogP contribution in [-0.4, -0.2) is 23.0 Å². The first-order valence-electron chi connectivity index (χ1n) is 7.66. The molecule has 1 aliphatic rings. The minimum absolute atomic E-state index is 0.112. The van der Waals surface area contributed by atoms with Crippen LogP contribution < -0.4 is 10.6 Å². The zero-order valence-electron chi connectivity index (χ0n) is 12.4. The number of rotatable bonds is 7. The molecule has 1 heterocycles. The third-order valence-corrected chi connectivity index (χ3v) is 4.70. The molecule has 0 bridgehead atoms. The molecule has 1 fully saturated rings. The Labute approximate surface area is 125 Å². The Kier molecular flexibility index (Phi) is 5.98. The number of thiazole rings is 1. The highest BCUT2D eigenvalue weighted by atomic mass is 32.1. The zero-order chi connectivity index (χ0) is 14.4. The summed E-state index contributed by atoms with van der Waals surface area (Å²) in [5.41, 5.74) is 1.04. The Morgan fingerprint density at radius 1 is 1.50 bits per heavy atom. The fourth-order valence-corrected chi connectivity index (χ4v) is 3.41. The van der Waals surface area contributed by atoms with Crippen LogP contribution in [0.5, 0.6) is 0 Å². The monoisotopic (exact) mass is 295 g/mol. The normalized spacial score (nSPS) is 17.3. The first kappa shape index (κ1) is 15.4. The zero-order valence-corrected chi connectivity index (χ0v) is 13.3. The molecule has 1 atom stereocenters. The Morgan fingerprint density at radius 3 is 2.95 bits per heavy atom. The molecule has 1 aromatic heterocycles. The van der Waals surface area contributed by atoms with Crippen LogP contribution in [0.15, 0.2) is 5.38 Å². The third-order valence-electron chi connectivity index (χ3n) is 3.75. The number of aromatic nitrogens is 1. The molecule has 1 amide bonds. The highest BCUT2D eigenvalue weighted by Gasteiger charge is 2.20. The lowest BCUT2D eigenvalue weighted by atomic mass is 10.2. The van der Waals surface area contributed by atoms with Gasteiger partial charge in [0.25, 0.3) is 0 Å². The van der Waals surface area contributed by atoms with E-state index in [0.717, 1.165) is 31.4 Å². The van der Waals surface area contributed by atoms with Crippen LogP contribution in [0.1, 0.15) is 56.7 Å². The van der Waals surface area contributed by atoms with E-state index in [2.05, 4.69) is 27.9 Å². The molecule has 2 N–H and O–H groups in total. The molecule has 112 valence electrons. The van der Waals surface area contributed by atoms with E-state index in [0.29, 0.717) is 12.6 Å². The predicted octanol–water partition coefficient (Wildman–Crippen LogP) is 2.63. The van der Waals surface area contributed by atoms with Gasteiger partial charge in [-0.2, -0.15) is 0 Å². The first-order chi connectivity index (χ1) is 9.69. The van der Waals surface area contributed by atoms with Gasteiger partial charge in [0.2, 0.25) is 5.91 Å². The van der Waals surface area contributed by atoms with E-state index in [1.54, 1.807) is 11.3 Å². The minimum atomic E-state index is -0.160. The van der Waals surface area contributed by atoms with E-state index in [-0.39, 0.29) is 11.9 Å². The van der Waals surface area contributed by atoms with Crippen molar-refractivity contribution in [3.63, 3.8) is 0 Å². The van der Waals surface area contributed by atoms with Crippen LogP contribution >= 0.6 is 11.3 Å². The number of hydrogen-bond acceptors (Lipinski definition) is 4. The largest absolute Gasteiger partial charge is 0.352 e. The number of amides is 1. The third kappa shape index (κ3) is 4.56. The molecule has 1 aliphatic carbocycles. The second kappa shape index (κ2) is 7.74. The Hall–Kier alpha value is -0.940. The van der Waals surface area contributed by atoms with Gasteiger partial charge in [0.05, 0.1) is 16.7 Å². The first-order valence-corrected chi connectivity index (χ1v) is 8.54. The number of carbonyl (C=O) groups is 1. The van der Waals surface area contributed by atoms with E-state index in [9.17, 15) is 4.79 Å². The van der Waals surface area contributed by atoms with Gasteiger partial charge in [-0.15, -0.1) is 11.3 Å². The van der Waals surface area contributed by atoms with Gasteiger partial charge in [-0.3, -0.25) is 4.79 Å². The Morgan fingerprint density at radius 2 is 2.25 bits per heavy atom. The van der Waals surface area contributed by atoms with E-state index < -0.39 is 0 Å². The molecular weight excluding hydrogens is 270 g/mol. The van der Waals surface area contributed by atoms with Crippen molar-refractivity contribution >= 4 is 17.2 Å². The summed E-state index contributed by atoms with van der Waals surface area (Å²) in [6, 6.07) is 0.231. The van der Waals surface area contributed by atoms with Crippen molar-refractivity contribution in [3.05, 3.63) is 16.1 Å². The Balaban J connectivity index is 1.72. The highest BCUT2D eigenvalue weighted by Crippen LogP contribution is 2.17. The van der Waals surface area contributed by atoms with Crippen molar-refractivity contribution in [2.45, 2.75) is 71.0 Å². The Bertz CT molecular complexity index is 427. The molecule has 20 heavy (non-hydrogen) atoms. The molecule has 5 heteroatoms. The summed E-state index contributed by atoms with van der Waals surface area (Å²) >= 11 is 1.71. The molecule has 0 saturated heterocycles. The van der Waals surface area contributed by atoms with Gasteiger partial charge in [0, 0.05) is 18.0 Å². The van der Waals surface area contributed by atoms with Gasteiger partial charge >= 0.3 is 0 Å². The van der Waals surface area contributed by atoms with Crippen LogP contribution in [0.2, 0.25) is 0 Å². The van der Waals surface area contributed by atoms with Crippen molar-refractivity contribution in [1.82, 2.24) is 15.6 Å². The molecule has 0 aromatic carbocycles. The van der Waals surface area contributed by atoms with Gasteiger partial charge < -0.3 is 10.6 Å². The van der Waals surface area contributed by atoms with Crippen molar-refractivity contribution < 1.29 is 4.79 Å². The number of nitrogens with one attached hydrogen (secondary N) is 2. The minimum Gasteiger partial charge on any atom is -0.352 e. The molecule has 0 spiro atoms. The summed E-state index contributed by atoms with van der Waals surface area (Å²) in [6.45, 7) is 4.75. The lowest BCUT2D eigenvalue weighted by Gasteiger charge is -2.17. The second-order valence-electron chi connectivity index (χ2n) is 5.58. The van der Waals surface area contributed by atoms with Crippen molar-refractivity contribution in [2.75, 3.05) is 0 Å². The number of aryl methyl sites for hydroxylation is 1. The van der Waals surface area contributed by atoms with Gasteiger partial charge in [0.15, 0.2) is 0 Å². The lowest BCUT2D eigenvalue weighted by Crippen LogP contribution is -2.45. The quantitative estimate of drug-likeness (QED) is 0.813. The number of carbonyl (C=O) groups excluding carboxylic acids is 1. The van der Waals surface area contributed by atoms with Crippen molar-refractivity contribution in [2.24, 2.45) is 0 Å². The van der Waals surface area contributed by atoms with Gasteiger partial charge in [-0.25, -0.2) is 4.98 Å². The lowest BCUT2D eigenvalue weighted by molar-refractivity contribution is -0.123. The highest BCUT2D eigenvalue weighted by molar-refractivity contribution is 7.09. The average molecular weight is 295 g/mol. The van der Waals surface area contributed by atoms with Gasteiger partial charge in [0.1, 0.15) is 0 Å².